The van der Waals surface area contributed by atoms with Crippen LogP contribution in [0.2, 0.25) is 0 Å². The van der Waals surface area contributed by atoms with Gasteiger partial charge in [-0.05, 0) is 41.4 Å². The second-order valence-corrected chi connectivity index (χ2v) is 5.64. The third kappa shape index (κ3) is 2.88. The van der Waals surface area contributed by atoms with Crippen LogP contribution in [-0.4, -0.2) is 6.54 Å². The fraction of sp³-hybridized carbons (Fsp3) is 0.467. The molecular formula is C15H18BrF2NO. The van der Waals surface area contributed by atoms with Crippen molar-refractivity contribution in [1.82, 2.24) is 5.32 Å². The van der Waals surface area contributed by atoms with Crippen molar-refractivity contribution in [3.05, 3.63) is 33.5 Å². The summed E-state index contributed by atoms with van der Waals surface area (Å²) in [4.78, 5) is 0. The maximum Gasteiger partial charge on any atom is 0.201 e. The van der Waals surface area contributed by atoms with Gasteiger partial charge in [0.1, 0.15) is 5.76 Å². The predicted octanol–water partition coefficient (Wildman–Crippen LogP) is 4.93. The molecule has 1 N–H and O–H groups in total. The van der Waals surface area contributed by atoms with Crippen molar-refractivity contribution >= 4 is 26.9 Å². The zero-order valence-electron chi connectivity index (χ0n) is 11.7. The summed E-state index contributed by atoms with van der Waals surface area (Å²) in [5, 5.41) is 3.89. The largest absolute Gasteiger partial charge is 0.456 e. The molecule has 0 radical (unpaired) electrons. The summed E-state index contributed by atoms with van der Waals surface area (Å²) in [6.07, 6.45) is 2.71. The Morgan fingerprint density at radius 2 is 2.00 bits per heavy atom. The van der Waals surface area contributed by atoms with Gasteiger partial charge >= 0.3 is 0 Å². The minimum absolute atomic E-state index is 0.00798. The maximum absolute atomic E-state index is 13.9. The molecule has 5 heteroatoms. The van der Waals surface area contributed by atoms with Crippen molar-refractivity contribution in [2.75, 3.05) is 6.54 Å². The van der Waals surface area contributed by atoms with Crippen LogP contribution in [0.3, 0.4) is 0 Å². The molecule has 110 valence electrons. The summed E-state index contributed by atoms with van der Waals surface area (Å²) in [6, 6.07) is 1.16. The van der Waals surface area contributed by atoms with E-state index in [1.807, 2.05) is 0 Å². The highest BCUT2D eigenvalue weighted by atomic mass is 79.9. The highest BCUT2D eigenvalue weighted by molar-refractivity contribution is 9.10. The predicted molar refractivity (Wildman–Crippen MR) is 79.8 cm³/mol. The normalized spacial score (nSPS) is 11.4. The highest BCUT2D eigenvalue weighted by Gasteiger charge is 2.21. The van der Waals surface area contributed by atoms with Crippen molar-refractivity contribution in [2.24, 2.45) is 0 Å². The van der Waals surface area contributed by atoms with Gasteiger partial charge in [-0.1, -0.05) is 20.3 Å². The molecule has 2 rings (SSSR count). The molecule has 0 bridgehead atoms. The zero-order chi connectivity index (χ0) is 14.7. The summed E-state index contributed by atoms with van der Waals surface area (Å²) in [7, 11) is 0. The summed E-state index contributed by atoms with van der Waals surface area (Å²) < 4.78 is 33.5. The van der Waals surface area contributed by atoms with Crippen LogP contribution in [0.15, 0.2) is 15.0 Å². The summed E-state index contributed by atoms with van der Waals surface area (Å²) in [6.45, 7) is 5.52. The lowest BCUT2D eigenvalue weighted by Crippen LogP contribution is -2.14. The second-order valence-electron chi connectivity index (χ2n) is 4.79. The summed E-state index contributed by atoms with van der Waals surface area (Å²) in [5.41, 5.74) is 0.963. The number of rotatable bonds is 6. The minimum Gasteiger partial charge on any atom is -0.456 e. The average molecular weight is 346 g/mol. The third-order valence-electron chi connectivity index (χ3n) is 3.20. The maximum atomic E-state index is 13.9. The first-order valence-corrected chi connectivity index (χ1v) is 7.67. The quantitative estimate of drug-likeness (QED) is 0.593. The molecule has 0 saturated carbocycles. The number of furan rings is 1. The van der Waals surface area contributed by atoms with E-state index in [1.165, 1.54) is 0 Å². The van der Waals surface area contributed by atoms with Gasteiger partial charge in [0.2, 0.25) is 5.82 Å². The Balaban J connectivity index is 2.54. The van der Waals surface area contributed by atoms with E-state index < -0.39 is 11.6 Å². The van der Waals surface area contributed by atoms with E-state index in [1.54, 1.807) is 0 Å². The number of aryl methyl sites for hydroxylation is 1. The molecule has 0 unspecified atom stereocenters. The Morgan fingerprint density at radius 3 is 2.65 bits per heavy atom. The van der Waals surface area contributed by atoms with Crippen molar-refractivity contribution in [2.45, 2.75) is 39.7 Å². The lowest BCUT2D eigenvalue weighted by molar-refractivity contribution is 0.466. The van der Waals surface area contributed by atoms with Crippen LogP contribution in [0.1, 0.15) is 38.0 Å². The van der Waals surface area contributed by atoms with Crippen molar-refractivity contribution in [3.63, 3.8) is 0 Å². The molecule has 0 aliphatic heterocycles. The fourth-order valence-corrected chi connectivity index (χ4v) is 2.93. The Morgan fingerprint density at radius 1 is 1.25 bits per heavy atom. The number of hydrogen-bond donors (Lipinski definition) is 1. The van der Waals surface area contributed by atoms with Gasteiger partial charge in [0.05, 0.1) is 6.54 Å². The van der Waals surface area contributed by atoms with Crippen LogP contribution < -0.4 is 5.32 Å². The van der Waals surface area contributed by atoms with Gasteiger partial charge in [-0.2, -0.15) is 4.39 Å². The SMILES string of the molecule is CCCNCc1oc2c(F)c(F)cc(Br)c2c1CCC. The molecule has 0 aliphatic carbocycles. The van der Waals surface area contributed by atoms with Crippen molar-refractivity contribution < 1.29 is 13.2 Å². The van der Waals surface area contributed by atoms with Crippen molar-refractivity contribution in [3.8, 4) is 0 Å². The summed E-state index contributed by atoms with van der Waals surface area (Å²) >= 11 is 3.31. The number of fused-ring (bicyclic) bond motifs is 1. The molecule has 1 aromatic carbocycles. The number of nitrogens with one attached hydrogen (secondary N) is 1. The van der Waals surface area contributed by atoms with Gasteiger partial charge in [-0.3, -0.25) is 0 Å². The number of benzene rings is 1. The molecule has 2 nitrogen and oxygen atoms in total. The minimum atomic E-state index is -0.915. The van der Waals surface area contributed by atoms with Crippen LogP contribution in [-0.2, 0) is 13.0 Å². The standard InChI is InChI=1S/C15H18BrF2NO/c1-3-5-9-12(8-19-6-4-2)20-15-13(9)10(16)7-11(17)14(15)18/h7,19H,3-6,8H2,1-2H3. The Bertz CT molecular complexity index is 610. The van der Waals surface area contributed by atoms with Crippen LogP contribution in [0.5, 0.6) is 0 Å². The molecule has 1 heterocycles. The van der Waals surface area contributed by atoms with Gasteiger partial charge in [0.15, 0.2) is 11.4 Å². The lowest BCUT2D eigenvalue weighted by atomic mass is 10.1. The van der Waals surface area contributed by atoms with Gasteiger partial charge in [-0.15, -0.1) is 0 Å². The fourth-order valence-electron chi connectivity index (χ4n) is 2.31. The monoisotopic (exact) mass is 345 g/mol. The van der Waals surface area contributed by atoms with Gasteiger partial charge in [-0.25, -0.2) is 4.39 Å². The molecular weight excluding hydrogens is 328 g/mol. The molecule has 0 amide bonds. The summed E-state index contributed by atoms with van der Waals surface area (Å²) in [5.74, 6) is -1.11. The molecule has 0 fully saturated rings. The van der Waals surface area contributed by atoms with Crippen LogP contribution in [0.4, 0.5) is 8.78 Å². The van der Waals surface area contributed by atoms with Crippen LogP contribution in [0.25, 0.3) is 11.0 Å². The first kappa shape index (κ1) is 15.4. The van der Waals surface area contributed by atoms with Crippen LogP contribution in [0, 0.1) is 11.6 Å². The van der Waals surface area contributed by atoms with E-state index in [0.717, 1.165) is 37.4 Å². The first-order chi connectivity index (χ1) is 9.60. The van der Waals surface area contributed by atoms with E-state index in [0.29, 0.717) is 22.2 Å². The van der Waals surface area contributed by atoms with Gasteiger partial charge in [0, 0.05) is 15.4 Å². The molecule has 0 saturated heterocycles. The number of hydrogen-bond acceptors (Lipinski definition) is 2. The highest BCUT2D eigenvalue weighted by Crippen LogP contribution is 2.36. The van der Waals surface area contributed by atoms with Gasteiger partial charge in [0.25, 0.3) is 0 Å². The molecule has 0 atom stereocenters. The topological polar surface area (TPSA) is 25.2 Å². The average Bonchev–Trinajstić information content (AvgIpc) is 2.77. The Labute approximate surface area is 125 Å². The van der Waals surface area contributed by atoms with Gasteiger partial charge < -0.3 is 9.73 Å². The van der Waals surface area contributed by atoms with Crippen molar-refractivity contribution in [1.29, 1.82) is 0 Å². The van der Waals surface area contributed by atoms with E-state index >= 15 is 0 Å². The second kappa shape index (κ2) is 6.68. The van der Waals surface area contributed by atoms with E-state index in [4.69, 9.17) is 4.42 Å². The Hall–Kier alpha value is -0.940. The molecule has 20 heavy (non-hydrogen) atoms. The molecule has 2 aromatic rings. The van der Waals surface area contributed by atoms with E-state index in [9.17, 15) is 8.78 Å². The molecule has 1 aromatic heterocycles. The first-order valence-electron chi connectivity index (χ1n) is 6.88. The smallest absolute Gasteiger partial charge is 0.201 e. The molecule has 0 spiro atoms. The van der Waals surface area contributed by atoms with E-state index in [2.05, 4.69) is 35.1 Å². The number of halogens is 3. The zero-order valence-corrected chi connectivity index (χ0v) is 13.2. The van der Waals surface area contributed by atoms with Crippen LogP contribution >= 0.6 is 15.9 Å². The third-order valence-corrected chi connectivity index (χ3v) is 3.83. The lowest BCUT2D eigenvalue weighted by Gasteiger charge is -2.03. The molecule has 0 aliphatic rings. The van der Waals surface area contributed by atoms with E-state index in [-0.39, 0.29) is 5.58 Å². The Kier molecular flexibility index (Phi) is 5.16.